The molecular weight excluding hydrogens is 272 g/mol. The molecule has 0 aromatic heterocycles. The molecule has 1 aliphatic heterocycles. The monoisotopic (exact) mass is 290 g/mol. The van der Waals surface area contributed by atoms with Crippen molar-refractivity contribution >= 4 is 5.91 Å². The van der Waals surface area contributed by atoms with Gasteiger partial charge in [0.2, 0.25) is 5.91 Å². The zero-order valence-electron chi connectivity index (χ0n) is 10.9. The Morgan fingerprint density at radius 1 is 1.50 bits per heavy atom. The third-order valence-corrected chi connectivity index (χ3v) is 2.79. The molecule has 0 saturated carbocycles. The van der Waals surface area contributed by atoms with Crippen LogP contribution in [-0.2, 0) is 14.3 Å². The van der Waals surface area contributed by atoms with Gasteiger partial charge < -0.3 is 30.1 Å². The molecule has 1 aliphatic rings. The highest BCUT2D eigenvalue weighted by Crippen LogP contribution is 2.22. The smallest absolute Gasteiger partial charge is 0.217 e. The molecule has 0 bridgehead atoms. The Hall–Kier alpha value is -1.42. The zero-order valence-corrected chi connectivity index (χ0v) is 10.9. The van der Waals surface area contributed by atoms with Crippen molar-refractivity contribution in [1.29, 1.82) is 0 Å². The molecule has 5 atom stereocenters. The standard InChI is InChI=1S/C10H18N4O6/c1-5(16)13-7-9(18)8(17)6(4-15)20-10(7)19-3-2-12-14-11/h6-10,15,17-18H,2-4H2,1H3,(H,13,16)/t6-,7+,8-,9-,10+/m1/s1. The van der Waals surface area contributed by atoms with Crippen LogP contribution in [0.4, 0.5) is 0 Å². The third-order valence-electron chi connectivity index (χ3n) is 2.79. The Kier molecular flexibility index (Phi) is 6.65. The van der Waals surface area contributed by atoms with Crippen LogP contribution in [-0.4, -0.2) is 71.6 Å². The summed E-state index contributed by atoms with van der Waals surface area (Å²) in [6.45, 7) is 0.785. The summed E-state index contributed by atoms with van der Waals surface area (Å²) < 4.78 is 10.5. The summed E-state index contributed by atoms with van der Waals surface area (Å²) in [6, 6.07) is -0.989. The number of carbonyl (C=O) groups excluding carboxylic acids is 1. The van der Waals surface area contributed by atoms with Crippen LogP contribution in [0.15, 0.2) is 5.11 Å². The molecule has 4 N–H and O–H groups in total. The van der Waals surface area contributed by atoms with E-state index >= 15 is 0 Å². The van der Waals surface area contributed by atoms with Crippen molar-refractivity contribution in [2.24, 2.45) is 5.11 Å². The number of hydrogen-bond acceptors (Lipinski definition) is 7. The molecule has 10 heteroatoms. The van der Waals surface area contributed by atoms with E-state index in [0.717, 1.165) is 0 Å². The van der Waals surface area contributed by atoms with Crippen LogP contribution >= 0.6 is 0 Å². The fourth-order valence-electron chi connectivity index (χ4n) is 1.87. The Morgan fingerprint density at radius 2 is 2.20 bits per heavy atom. The summed E-state index contributed by atoms with van der Waals surface area (Å²) in [5.41, 5.74) is 8.14. The maximum atomic E-state index is 11.1. The van der Waals surface area contributed by atoms with Crippen LogP contribution in [0, 0.1) is 0 Å². The summed E-state index contributed by atoms with van der Waals surface area (Å²) in [7, 11) is 0. The molecule has 1 heterocycles. The van der Waals surface area contributed by atoms with Crippen molar-refractivity contribution < 1.29 is 29.6 Å². The van der Waals surface area contributed by atoms with E-state index in [4.69, 9.17) is 20.1 Å². The van der Waals surface area contributed by atoms with Gasteiger partial charge >= 0.3 is 0 Å². The molecule has 10 nitrogen and oxygen atoms in total. The molecule has 0 unspecified atom stereocenters. The average molecular weight is 290 g/mol. The summed E-state index contributed by atoms with van der Waals surface area (Å²) in [4.78, 5) is 13.7. The summed E-state index contributed by atoms with van der Waals surface area (Å²) in [5, 5.41) is 34.4. The van der Waals surface area contributed by atoms with Gasteiger partial charge in [0.25, 0.3) is 0 Å². The van der Waals surface area contributed by atoms with Crippen LogP contribution in [0.2, 0.25) is 0 Å². The molecule has 0 aromatic rings. The van der Waals surface area contributed by atoms with Crippen LogP contribution < -0.4 is 5.32 Å². The highest BCUT2D eigenvalue weighted by Gasteiger charge is 2.45. The van der Waals surface area contributed by atoms with Crippen LogP contribution in [0.3, 0.4) is 0 Å². The highest BCUT2D eigenvalue weighted by molar-refractivity contribution is 5.73. The second-order valence-electron chi connectivity index (χ2n) is 4.26. The van der Waals surface area contributed by atoms with Gasteiger partial charge in [-0.3, -0.25) is 4.79 Å². The Labute approximate surface area is 114 Å². The lowest BCUT2D eigenvalue weighted by Gasteiger charge is -2.42. The van der Waals surface area contributed by atoms with Gasteiger partial charge in [-0.25, -0.2) is 0 Å². The van der Waals surface area contributed by atoms with Crippen LogP contribution in [0.25, 0.3) is 10.4 Å². The molecule has 1 saturated heterocycles. The number of nitrogens with zero attached hydrogens (tertiary/aromatic N) is 3. The molecule has 1 fully saturated rings. The van der Waals surface area contributed by atoms with E-state index < -0.39 is 43.2 Å². The van der Waals surface area contributed by atoms with E-state index in [2.05, 4.69) is 15.3 Å². The van der Waals surface area contributed by atoms with Gasteiger partial charge in [-0.1, -0.05) is 5.11 Å². The Morgan fingerprint density at radius 3 is 2.75 bits per heavy atom. The van der Waals surface area contributed by atoms with Gasteiger partial charge in [-0.05, 0) is 5.53 Å². The Balaban J connectivity index is 2.72. The lowest BCUT2D eigenvalue weighted by Crippen LogP contribution is -2.64. The van der Waals surface area contributed by atoms with Crippen molar-refractivity contribution in [3.8, 4) is 0 Å². The number of aliphatic hydroxyl groups is 3. The molecule has 20 heavy (non-hydrogen) atoms. The normalized spacial score (nSPS) is 33.3. The van der Waals surface area contributed by atoms with E-state index in [1.807, 2.05) is 0 Å². The van der Waals surface area contributed by atoms with Gasteiger partial charge in [0, 0.05) is 18.4 Å². The Bertz CT molecular complexity index is 375. The molecule has 0 radical (unpaired) electrons. The number of nitrogens with one attached hydrogen (secondary N) is 1. The number of rotatable bonds is 6. The average Bonchev–Trinajstić information content (AvgIpc) is 2.41. The molecule has 0 aliphatic carbocycles. The second kappa shape index (κ2) is 8.00. The quantitative estimate of drug-likeness (QED) is 0.197. The van der Waals surface area contributed by atoms with Gasteiger partial charge in [0.1, 0.15) is 24.4 Å². The molecular formula is C10H18N4O6. The van der Waals surface area contributed by atoms with Crippen molar-refractivity contribution in [2.45, 2.75) is 37.6 Å². The van der Waals surface area contributed by atoms with Crippen LogP contribution in [0.1, 0.15) is 6.92 Å². The summed E-state index contributed by atoms with van der Waals surface area (Å²) in [5.74, 6) is -0.434. The molecule has 1 amide bonds. The van der Waals surface area contributed by atoms with Gasteiger partial charge in [-0.15, -0.1) is 0 Å². The predicted molar refractivity (Wildman–Crippen MR) is 65.3 cm³/mol. The fourth-order valence-corrected chi connectivity index (χ4v) is 1.87. The molecule has 0 aromatic carbocycles. The van der Waals surface area contributed by atoms with Crippen molar-refractivity contribution in [3.05, 3.63) is 10.4 Å². The number of ether oxygens (including phenoxy) is 2. The maximum Gasteiger partial charge on any atom is 0.217 e. The van der Waals surface area contributed by atoms with E-state index in [1.54, 1.807) is 0 Å². The third kappa shape index (κ3) is 4.30. The predicted octanol–water partition coefficient (Wildman–Crippen LogP) is -1.74. The first-order chi connectivity index (χ1) is 9.51. The first-order valence-electron chi connectivity index (χ1n) is 6.03. The number of amides is 1. The maximum absolute atomic E-state index is 11.1. The lowest BCUT2D eigenvalue weighted by atomic mass is 9.97. The minimum Gasteiger partial charge on any atom is -0.394 e. The molecule has 114 valence electrons. The van der Waals surface area contributed by atoms with Crippen molar-refractivity contribution in [3.63, 3.8) is 0 Å². The topological polar surface area (TPSA) is 157 Å². The van der Waals surface area contributed by atoms with Gasteiger partial charge in [0.15, 0.2) is 6.29 Å². The zero-order chi connectivity index (χ0) is 15.1. The van der Waals surface area contributed by atoms with E-state index in [9.17, 15) is 15.0 Å². The lowest BCUT2D eigenvalue weighted by molar-refractivity contribution is -0.269. The minimum atomic E-state index is -1.35. The van der Waals surface area contributed by atoms with E-state index in [1.165, 1.54) is 6.92 Å². The first-order valence-corrected chi connectivity index (χ1v) is 6.03. The SMILES string of the molecule is CC(=O)N[C@@H]1[C@@H](OCCN=[N+]=[N-])O[C@H](CO)[C@@H](O)[C@@H]1O. The highest BCUT2D eigenvalue weighted by atomic mass is 16.7. The number of aliphatic hydroxyl groups excluding tert-OH is 3. The molecule has 0 spiro atoms. The minimum absolute atomic E-state index is 0.00573. The molecule has 1 rings (SSSR count). The van der Waals surface area contributed by atoms with Gasteiger partial charge in [0.05, 0.1) is 13.2 Å². The first kappa shape index (κ1) is 16.6. The summed E-state index contributed by atoms with van der Waals surface area (Å²) >= 11 is 0. The second-order valence-corrected chi connectivity index (χ2v) is 4.26. The van der Waals surface area contributed by atoms with E-state index in [-0.39, 0.29) is 13.2 Å². The number of carbonyl (C=O) groups is 1. The van der Waals surface area contributed by atoms with Crippen LogP contribution in [0.5, 0.6) is 0 Å². The van der Waals surface area contributed by atoms with Gasteiger partial charge in [-0.2, -0.15) is 0 Å². The van der Waals surface area contributed by atoms with Crippen molar-refractivity contribution in [1.82, 2.24) is 5.32 Å². The fraction of sp³-hybridized carbons (Fsp3) is 0.900. The van der Waals surface area contributed by atoms with E-state index in [0.29, 0.717) is 0 Å². The number of hydrogen-bond donors (Lipinski definition) is 4. The number of azide groups is 1. The largest absolute Gasteiger partial charge is 0.394 e. The van der Waals surface area contributed by atoms with Crippen molar-refractivity contribution in [2.75, 3.05) is 19.8 Å². The summed E-state index contributed by atoms with van der Waals surface area (Å²) in [6.07, 6.45) is -4.80.